The van der Waals surface area contributed by atoms with Gasteiger partial charge < -0.3 is 15.2 Å². The summed E-state index contributed by atoms with van der Waals surface area (Å²) < 4.78 is 32.5. The highest BCUT2D eigenvalue weighted by molar-refractivity contribution is 7.89. The molecule has 0 aliphatic heterocycles. The topological polar surface area (TPSA) is 105 Å². The predicted octanol–water partition coefficient (Wildman–Crippen LogP) is 2.69. The molecule has 1 atom stereocenters. The van der Waals surface area contributed by atoms with Gasteiger partial charge in [-0.25, -0.2) is 17.9 Å². The number of sulfonamides is 1. The number of nitrogens with one attached hydrogen (secondary N) is 2. The number of carboxylic acid groups (broad SMARTS) is 1. The molecule has 0 spiro atoms. The number of rotatable bonds is 11. The molecule has 0 aliphatic carbocycles. The molecule has 0 fully saturated rings. The number of benzene rings is 1. The number of carbonyl (C=O) groups is 1. The van der Waals surface area contributed by atoms with Crippen molar-refractivity contribution in [2.45, 2.75) is 57.6 Å². The van der Waals surface area contributed by atoms with Crippen LogP contribution in [0.1, 0.15) is 50.9 Å². The fourth-order valence-corrected chi connectivity index (χ4v) is 3.14. The molecule has 1 aromatic carbocycles. The molecule has 0 radical (unpaired) electrons. The fourth-order valence-electron chi connectivity index (χ4n) is 2.04. The van der Waals surface area contributed by atoms with Gasteiger partial charge in [0.1, 0.15) is 0 Å². The fraction of sp³-hybridized carbons (Fsp3) is 0.588. The second-order valence-electron chi connectivity index (χ2n) is 6.14. The number of anilines is 1. The van der Waals surface area contributed by atoms with Crippen molar-refractivity contribution in [2.75, 3.05) is 18.5 Å². The summed E-state index contributed by atoms with van der Waals surface area (Å²) in [7, 11) is -3.76. The Morgan fingerprint density at radius 3 is 2.52 bits per heavy atom. The van der Waals surface area contributed by atoms with Gasteiger partial charge in [-0.1, -0.05) is 6.92 Å². The molecule has 7 nitrogen and oxygen atoms in total. The molecular formula is C17H28N2O5S. The van der Waals surface area contributed by atoms with E-state index in [1.165, 1.54) is 18.2 Å². The van der Waals surface area contributed by atoms with Gasteiger partial charge in [0.25, 0.3) is 0 Å². The molecule has 0 aliphatic rings. The van der Waals surface area contributed by atoms with Crippen LogP contribution in [0.5, 0.6) is 0 Å². The van der Waals surface area contributed by atoms with Crippen LogP contribution in [0.4, 0.5) is 5.69 Å². The molecule has 142 valence electrons. The first-order valence-electron chi connectivity index (χ1n) is 8.42. The van der Waals surface area contributed by atoms with Crippen molar-refractivity contribution in [3.05, 3.63) is 23.8 Å². The zero-order chi connectivity index (χ0) is 19.0. The minimum absolute atomic E-state index is 0.0636. The summed E-state index contributed by atoms with van der Waals surface area (Å²) in [5, 5.41) is 12.4. The van der Waals surface area contributed by atoms with Gasteiger partial charge in [-0.2, -0.15) is 0 Å². The van der Waals surface area contributed by atoms with E-state index in [-0.39, 0.29) is 29.1 Å². The summed E-state index contributed by atoms with van der Waals surface area (Å²) in [6, 6.07) is 4.16. The smallest absolute Gasteiger partial charge is 0.337 e. The maximum atomic E-state index is 12.3. The molecule has 0 heterocycles. The Labute approximate surface area is 149 Å². The van der Waals surface area contributed by atoms with Gasteiger partial charge >= 0.3 is 5.97 Å². The van der Waals surface area contributed by atoms with Crippen molar-refractivity contribution in [3.8, 4) is 0 Å². The van der Waals surface area contributed by atoms with Gasteiger partial charge in [-0.05, 0) is 51.8 Å². The van der Waals surface area contributed by atoms with Crippen molar-refractivity contribution in [1.29, 1.82) is 0 Å². The van der Waals surface area contributed by atoms with Crippen LogP contribution in [0, 0.1) is 0 Å². The molecule has 0 aromatic heterocycles. The second kappa shape index (κ2) is 9.74. The lowest BCUT2D eigenvalue weighted by atomic mass is 10.1. The van der Waals surface area contributed by atoms with Crippen LogP contribution in [0.15, 0.2) is 23.1 Å². The van der Waals surface area contributed by atoms with Gasteiger partial charge in [-0.3, -0.25) is 0 Å². The Morgan fingerprint density at radius 1 is 1.28 bits per heavy atom. The quantitative estimate of drug-likeness (QED) is 0.516. The summed E-state index contributed by atoms with van der Waals surface area (Å²) in [6.45, 7) is 8.41. The number of hydrogen-bond donors (Lipinski definition) is 3. The summed E-state index contributed by atoms with van der Waals surface area (Å²) in [6.07, 6.45) is 1.45. The number of carboxylic acids is 1. The molecule has 3 N–H and O–H groups in total. The third-order valence-electron chi connectivity index (χ3n) is 3.61. The number of ether oxygens (including phenoxy) is 1. The lowest BCUT2D eigenvalue weighted by molar-refractivity contribution is 0.0697. The van der Waals surface area contributed by atoms with Crippen LogP contribution >= 0.6 is 0 Å². The van der Waals surface area contributed by atoms with Gasteiger partial charge in [0.05, 0.1) is 16.6 Å². The van der Waals surface area contributed by atoms with E-state index in [9.17, 15) is 18.3 Å². The van der Waals surface area contributed by atoms with E-state index in [1.807, 2.05) is 27.7 Å². The minimum Gasteiger partial charge on any atom is -0.478 e. The van der Waals surface area contributed by atoms with Crippen LogP contribution in [0.25, 0.3) is 0 Å². The summed E-state index contributed by atoms with van der Waals surface area (Å²) >= 11 is 0. The summed E-state index contributed by atoms with van der Waals surface area (Å²) in [4.78, 5) is 11.4. The highest BCUT2D eigenvalue weighted by Crippen LogP contribution is 2.22. The first kappa shape index (κ1) is 21.4. The number of hydrogen-bond acceptors (Lipinski definition) is 5. The first-order valence-corrected chi connectivity index (χ1v) is 9.90. The molecule has 1 aromatic rings. The maximum Gasteiger partial charge on any atom is 0.337 e. The monoisotopic (exact) mass is 372 g/mol. The van der Waals surface area contributed by atoms with Crippen molar-refractivity contribution < 1.29 is 23.1 Å². The van der Waals surface area contributed by atoms with E-state index in [0.29, 0.717) is 18.7 Å². The Hall–Kier alpha value is -1.64. The molecule has 0 bridgehead atoms. The van der Waals surface area contributed by atoms with Crippen LogP contribution in [-0.4, -0.2) is 44.8 Å². The highest BCUT2D eigenvalue weighted by atomic mass is 32.2. The van der Waals surface area contributed by atoms with Crippen molar-refractivity contribution >= 4 is 21.7 Å². The van der Waals surface area contributed by atoms with Crippen LogP contribution in [-0.2, 0) is 14.8 Å². The standard InChI is InChI=1S/C17H28N2O5S/c1-5-13(4)19-16-8-7-14(11-15(16)17(20)21)25(22,23)18-9-6-10-24-12(2)3/h7-8,11-13,18-19H,5-6,9-10H2,1-4H3,(H,20,21)/t13-/m1/s1. The van der Waals surface area contributed by atoms with E-state index >= 15 is 0 Å². The van der Waals surface area contributed by atoms with E-state index in [4.69, 9.17) is 4.74 Å². The van der Waals surface area contributed by atoms with Gasteiger partial charge in [0.2, 0.25) is 10.0 Å². The van der Waals surface area contributed by atoms with E-state index < -0.39 is 16.0 Å². The average molecular weight is 372 g/mol. The molecule has 0 amide bonds. The van der Waals surface area contributed by atoms with Gasteiger partial charge in [0, 0.05) is 24.9 Å². The largest absolute Gasteiger partial charge is 0.478 e. The third-order valence-corrected chi connectivity index (χ3v) is 5.07. The first-order chi connectivity index (χ1) is 11.7. The molecule has 25 heavy (non-hydrogen) atoms. The molecule has 8 heteroatoms. The highest BCUT2D eigenvalue weighted by Gasteiger charge is 2.19. The van der Waals surface area contributed by atoms with E-state index in [2.05, 4.69) is 10.0 Å². The van der Waals surface area contributed by atoms with Gasteiger partial charge in [0.15, 0.2) is 0 Å². The summed E-state index contributed by atoms with van der Waals surface area (Å²) in [5.41, 5.74) is 0.345. The SMILES string of the molecule is CC[C@@H](C)Nc1ccc(S(=O)(=O)NCCCOC(C)C)cc1C(=O)O. The molecular weight excluding hydrogens is 344 g/mol. The van der Waals surface area contributed by atoms with Crippen LogP contribution < -0.4 is 10.0 Å². The second-order valence-corrected chi connectivity index (χ2v) is 7.90. The average Bonchev–Trinajstić information content (AvgIpc) is 2.53. The lowest BCUT2D eigenvalue weighted by Gasteiger charge is -2.16. The molecule has 0 saturated heterocycles. The third kappa shape index (κ3) is 7.01. The van der Waals surface area contributed by atoms with E-state index in [1.54, 1.807) is 0 Å². The lowest BCUT2D eigenvalue weighted by Crippen LogP contribution is -2.26. The Bertz CT molecular complexity index is 674. The zero-order valence-electron chi connectivity index (χ0n) is 15.2. The zero-order valence-corrected chi connectivity index (χ0v) is 16.0. The van der Waals surface area contributed by atoms with Crippen LogP contribution in [0.2, 0.25) is 0 Å². The van der Waals surface area contributed by atoms with E-state index in [0.717, 1.165) is 6.42 Å². The van der Waals surface area contributed by atoms with Gasteiger partial charge in [-0.15, -0.1) is 0 Å². The number of aromatic carboxylic acids is 1. The molecule has 0 unspecified atom stereocenters. The Balaban J connectivity index is 2.86. The molecule has 1 rings (SSSR count). The molecule has 0 saturated carbocycles. The van der Waals surface area contributed by atoms with Crippen molar-refractivity contribution in [3.63, 3.8) is 0 Å². The Kier molecular flexibility index (Phi) is 8.34. The van der Waals surface area contributed by atoms with Crippen molar-refractivity contribution in [1.82, 2.24) is 4.72 Å². The van der Waals surface area contributed by atoms with Crippen LogP contribution in [0.3, 0.4) is 0 Å². The van der Waals surface area contributed by atoms with Crippen molar-refractivity contribution in [2.24, 2.45) is 0 Å². The Morgan fingerprint density at radius 2 is 1.96 bits per heavy atom. The maximum absolute atomic E-state index is 12.3. The normalized spacial score (nSPS) is 13.0. The minimum atomic E-state index is -3.76. The summed E-state index contributed by atoms with van der Waals surface area (Å²) in [5.74, 6) is -1.17. The predicted molar refractivity (Wildman–Crippen MR) is 97.7 cm³/mol.